The molecule has 0 atom stereocenters. The van der Waals surface area contributed by atoms with Crippen molar-refractivity contribution in [1.82, 2.24) is 0 Å². The molecule has 1 rings (SSSR count). The molecule has 0 aliphatic carbocycles. The molecule has 0 fully saturated rings. The van der Waals surface area contributed by atoms with E-state index in [-0.39, 0.29) is 17.1 Å². The van der Waals surface area contributed by atoms with Crippen molar-refractivity contribution in [3.8, 4) is 11.5 Å². The van der Waals surface area contributed by atoms with Crippen LogP contribution in [0.2, 0.25) is 0 Å². The Kier molecular flexibility index (Phi) is 2.28. The summed E-state index contributed by atoms with van der Waals surface area (Å²) in [6, 6.07) is 0. The van der Waals surface area contributed by atoms with Gasteiger partial charge in [-0.2, -0.15) is 0 Å². The second-order valence-electron chi connectivity index (χ2n) is 3.10. The lowest BCUT2D eigenvalue weighted by Crippen LogP contribution is -1.94. The summed E-state index contributed by atoms with van der Waals surface area (Å²) in [5, 5.41) is 19.1. The van der Waals surface area contributed by atoms with Gasteiger partial charge in [0.05, 0.1) is 5.56 Å². The highest BCUT2D eigenvalue weighted by molar-refractivity contribution is 5.84. The molecule has 13 heavy (non-hydrogen) atoms. The number of rotatable bonds is 1. The lowest BCUT2D eigenvalue weighted by atomic mass is 9.98. The van der Waals surface area contributed by atoms with E-state index in [4.69, 9.17) is 0 Å². The van der Waals surface area contributed by atoms with Gasteiger partial charge in [-0.15, -0.1) is 0 Å². The van der Waals surface area contributed by atoms with Gasteiger partial charge < -0.3 is 10.2 Å². The van der Waals surface area contributed by atoms with Crippen molar-refractivity contribution in [3.63, 3.8) is 0 Å². The number of aldehydes is 1. The molecule has 0 saturated heterocycles. The van der Waals surface area contributed by atoms with Gasteiger partial charge in [0.1, 0.15) is 11.5 Å². The van der Waals surface area contributed by atoms with Crippen molar-refractivity contribution in [2.45, 2.75) is 20.8 Å². The molecule has 0 heterocycles. The van der Waals surface area contributed by atoms with E-state index in [2.05, 4.69) is 0 Å². The molecule has 0 aliphatic heterocycles. The van der Waals surface area contributed by atoms with Crippen LogP contribution >= 0.6 is 0 Å². The van der Waals surface area contributed by atoms with Crippen LogP contribution in [0, 0.1) is 20.8 Å². The Bertz CT molecular complexity index is 338. The first-order chi connectivity index (χ1) is 6.00. The van der Waals surface area contributed by atoms with Gasteiger partial charge in [-0.1, -0.05) is 0 Å². The van der Waals surface area contributed by atoms with Crippen LogP contribution in [0.1, 0.15) is 27.0 Å². The van der Waals surface area contributed by atoms with Gasteiger partial charge in [0.25, 0.3) is 0 Å². The lowest BCUT2D eigenvalue weighted by molar-refractivity contribution is 0.112. The first kappa shape index (κ1) is 9.58. The van der Waals surface area contributed by atoms with Crippen molar-refractivity contribution in [3.05, 3.63) is 22.3 Å². The van der Waals surface area contributed by atoms with Crippen LogP contribution < -0.4 is 0 Å². The predicted octanol–water partition coefficient (Wildman–Crippen LogP) is 1.84. The fourth-order valence-corrected chi connectivity index (χ4v) is 1.29. The summed E-state index contributed by atoms with van der Waals surface area (Å²) < 4.78 is 0. The lowest BCUT2D eigenvalue weighted by Gasteiger charge is -2.11. The molecule has 0 unspecified atom stereocenters. The molecule has 3 heteroatoms. The fourth-order valence-electron chi connectivity index (χ4n) is 1.29. The molecule has 0 amide bonds. The molecule has 0 aliphatic rings. The van der Waals surface area contributed by atoms with E-state index in [9.17, 15) is 15.0 Å². The maximum atomic E-state index is 10.6. The smallest absolute Gasteiger partial charge is 0.154 e. The summed E-state index contributed by atoms with van der Waals surface area (Å²) in [5.74, 6) is 0.0419. The monoisotopic (exact) mass is 180 g/mol. The quantitative estimate of drug-likeness (QED) is 0.512. The minimum atomic E-state index is -0.0391. The number of aromatic hydroxyl groups is 2. The second-order valence-corrected chi connectivity index (χ2v) is 3.10. The summed E-state index contributed by atoms with van der Waals surface area (Å²) in [6.07, 6.45) is 0.552. The van der Waals surface area contributed by atoms with Crippen LogP contribution in [0.4, 0.5) is 0 Å². The van der Waals surface area contributed by atoms with Crippen molar-refractivity contribution in [1.29, 1.82) is 0 Å². The Hall–Kier alpha value is -1.51. The zero-order valence-corrected chi connectivity index (χ0v) is 7.88. The molecule has 3 nitrogen and oxygen atoms in total. The number of carbonyl (C=O) groups excluding carboxylic acids is 1. The average molecular weight is 180 g/mol. The van der Waals surface area contributed by atoms with Crippen LogP contribution in [-0.2, 0) is 0 Å². The first-order valence-electron chi connectivity index (χ1n) is 3.97. The van der Waals surface area contributed by atoms with Crippen molar-refractivity contribution in [2.75, 3.05) is 0 Å². The SMILES string of the molecule is Cc1c(C)c(O)c(C=O)c(C)c1O. The third-order valence-corrected chi connectivity index (χ3v) is 2.41. The van der Waals surface area contributed by atoms with Crippen LogP contribution in [0.3, 0.4) is 0 Å². The third kappa shape index (κ3) is 1.26. The van der Waals surface area contributed by atoms with Crippen molar-refractivity contribution < 1.29 is 15.0 Å². The van der Waals surface area contributed by atoms with E-state index in [0.717, 1.165) is 0 Å². The highest BCUT2D eigenvalue weighted by atomic mass is 16.3. The standard InChI is InChI=1S/C10H12O3/c1-5-6(2)10(13)8(4-11)7(3)9(5)12/h4,12-13H,1-3H3. The molecule has 2 N–H and O–H groups in total. The Morgan fingerprint density at radius 1 is 0.923 bits per heavy atom. The maximum Gasteiger partial charge on any atom is 0.154 e. The normalized spacial score (nSPS) is 10.1. The van der Waals surface area contributed by atoms with E-state index < -0.39 is 0 Å². The zero-order chi connectivity index (χ0) is 10.2. The molecular weight excluding hydrogens is 168 g/mol. The summed E-state index contributed by atoms with van der Waals surface area (Å²) in [7, 11) is 0. The van der Waals surface area contributed by atoms with Crippen LogP contribution in [0.15, 0.2) is 0 Å². The van der Waals surface area contributed by atoms with Gasteiger partial charge in [-0.25, -0.2) is 0 Å². The van der Waals surface area contributed by atoms with Gasteiger partial charge in [0.15, 0.2) is 6.29 Å². The highest BCUT2D eigenvalue weighted by Gasteiger charge is 2.15. The summed E-state index contributed by atoms with van der Waals surface area (Å²) in [4.78, 5) is 10.6. The van der Waals surface area contributed by atoms with E-state index in [1.54, 1.807) is 20.8 Å². The molecule has 1 aromatic carbocycles. The predicted molar refractivity (Wildman–Crippen MR) is 49.4 cm³/mol. The maximum absolute atomic E-state index is 10.6. The summed E-state index contributed by atoms with van der Waals surface area (Å²) in [5.41, 5.74) is 1.75. The molecule has 70 valence electrons. The molecule has 0 spiro atoms. The fraction of sp³-hybridized carbons (Fsp3) is 0.300. The van der Waals surface area contributed by atoms with Gasteiger partial charge >= 0.3 is 0 Å². The van der Waals surface area contributed by atoms with E-state index >= 15 is 0 Å². The summed E-state index contributed by atoms with van der Waals surface area (Å²) in [6.45, 7) is 4.97. The highest BCUT2D eigenvalue weighted by Crippen LogP contribution is 2.34. The van der Waals surface area contributed by atoms with Gasteiger partial charge in [0, 0.05) is 5.56 Å². The molecule has 0 radical (unpaired) electrons. The van der Waals surface area contributed by atoms with Crippen LogP contribution in [0.25, 0.3) is 0 Å². The number of hydrogen-bond donors (Lipinski definition) is 2. The number of phenolic OH excluding ortho intramolecular Hbond substituents is 2. The molecular formula is C10H12O3. The average Bonchev–Trinajstić information content (AvgIpc) is 2.13. The number of phenols is 2. The third-order valence-electron chi connectivity index (χ3n) is 2.41. The van der Waals surface area contributed by atoms with Crippen molar-refractivity contribution >= 4 is 6.29 Å². The van der Waals surface area contributed by atoms with Gasteiger partial charge in [-0.3, -0.25) is 4.79 Å². The largest absolute Gasteiger partial charge is 0.507 e. The Balaban J connectivity index is 3.66. The zero-order valence-electron chi connectivity index (χ0n) is 7.88. The molecule has 1 aromatic rings. The van der Waals surface area contributed by atoms with Crippen LogP contribution in [0.5, 0.6) is 11.5 Å². The second kappa shape index (κ2) is 3.09. The Morgan fingerprint density at radius 2 is 1.38 bits per heavy atom. The van der Waals surface area contributed by atoms with E-state index in [1.165, 1.54) is 0 Å². The van der Waals surface area contributed by atoms with E-state index in [1.807, 2.05) is 0 Å². The molecule has 0 bridgehead atoms. The van der Waals surface area contributed by atoms with Crippen molar-refractivity contribution in [2.24, 2.45) is 0 Å². The first-order valence-corrected chi connectivity index (χ1v) is 3.97. The Morgan fingerprint density at radius 3 is 1.85 bits per heavy atom. The minimum absolute atomic E-state index is 0.0391. The van der Waals surface area contributed by atoms with Gasteiger partial charge in [-0.05, 0) is 31.9 Å². The topological polar surface area (TPSA) is 57.5 Å². The van der Waals surface area contributed by atoms with E-state index in [0.29, 0.717) is 23.0 Å². The minimum Gasteiger partial charge on any atom is -0.507 e. The molecule has 0 aromatic heterocycles. The van der Waals surface area contributed by atoms with Gasteiger partial charge in [0.2, 0.25) is 0 Å². The Labute approximate surface area is 76.6 Å². The number of benzene rings is 1. The molecule has 0 saturated carbocycles. The number of carbonyl (C=O) groups is 1. The number of hydrogen-bond acceptors (Lipinski definition) is 3. The van der Waals surface area contributed by atoms with Crippen LogP contribution in [-0.4, -0.2) is 16.5 Å². The summed E-state index contributed by atoms with van der Waals surface area (Å²) >= 11 is 0.